The Morgan fingerprint density at radius 1 is 1.56 bits per heavy atom. The molecule has 2 aromatic heterocycles. The molecule has 0 atom stereocenters. The Labute approximate surface area is 105 Å². The zero-order chi connectivity index (χ0) is 13.1. The van der Waals surface area contributed by atoms with E-state index in [1.54, 1.807) is 17.1 Å². The van der Waals surface area contributed by atoms with Gasteiger partial charge in [-0.05, 0) is 18.9 Å². The van der Waals surface area contributed by atoms with Crippen LogP contribution in [-0.4, -0.2) is 25.9 Å². The van der Waals surface area contributed by atoms with Crippen molar-refractivity contribution < 1.29 is 4.79 Å². The van der Waals surface area contributed by atoms with E-state index in [0.29, 0.717) is 23.8 Å². The zero-order valence-electron chi connectivity index (χ0n) is 10.8. The Bertz CT molecular complexity index is 527. The predicted molar refractivity (Wildman–Crippen MR) is 68.5 cm³/mol. The molecule has 2 N–H and O–H groups in total. The summed E-state index contributed by atoms with van der Waals surface area (Å²) in [4.78, 5) is 12.1. The lowest BCUT2D eigenvalue weighted by Gasteiger charge is -2.04. The molecular weight excluding hydrogens is 230 g/mol. The number of aromatic nitrogens is 4. The van der Waals surface area contributed by atoms with Gasteiger partial charge in [0.25, 0.3) is 5.91 Å². The van der Waals surface area contributed by atoms with Crippen molar-refractivity contribution in [2.24, 2.45) is 0 Å². The second kappa shape index (κ2) is 5.03. The first kappa shape index (κ1) is 12.3. The standard InChI is InChI=1S/C12H17N5O/c1-4-17-11(5-10(16-17)8(2)3)12(18)15-9-6-13-14-7-9/h5-8H,4H2,1-3H3,(H,13,14)(H,15,18). The van der Waals surface area contributed by atoms with E-state index in [2.05, 4.69) is 34.5 Å². The first-order valence-corrected chi connectivity index (χ1v) is 5.99. The van der Waals surface area contributed by atoms with Gasteiger partial charge in [-0.25, -0.2) is 0 Å². The number of anilines is 1. The average Bonchev–Trinajstić information content (AvgIpc) is 2.96. The van der Waals surface area contributed by atoms with Gasteiger partial charge < -0.3 is 5.32 Å². The summed E-state index contributed by atoms with van der Waals surface area (Å²) >= 11 is 0. The molecule has 0 saturated carbocycles. The molecule has 6 heteroatoms. The van der Waals surface area contributed by atoms with Crippen molar-refractivity contribution in [1.82, 2.24) is 20.0 Å². The van der Waals surface area contributed by atoms with Crippen LogP contribution in [0.2, 0.25) is 0 Å². The highest BCUT2D eigenvalue weighted by Gasteiger charge is 2.16. The Kier molecular flexibility index (Phi) is 3.45. The molecule has 0 aromatic carbocycles. The number of rotatable bonds is 4. The van der Waals surface area contributed by atoms with Crippen LogP contribution < -0.4 is 5.32 Å². The fourth-order valence-corrected chi connectivity index (χ4v) is 1.66. The maximum atomic E-state index is 12.1. The van der Waals surface area contributed by atoms with E-state index in [9.17, 15) is 4.79 Å². The fraction of sp³-hybridized carbons (Fsp3) is 0.417. The number of nitrogens with zero attached hydrogens (tertiary/aromatic N) is 3. The highest BCUT2D eigenvalue weighted by molar-refractivity contribution is 6.03. The number of carbonyl (C=O) groups excluding carboxylic acids is 1. The number of H-pyrrole nitrogens is 1. The highest BCUT2D eigenvalue weighted by atomic mass is 16.2. The van der Waals surface area contributed by atoms with Crippen molar-refractivity contribution in [3.05, 3.63) is 29.8 Å². The van der Waals surface area contributed by atoms with Crippen LogP contribution in [-0.2, 0) is 6.54 Å². The van der Waals surface area contributed by atoms with Crippen molar-refractivity contribution in [1.29, 1.82) is 0 Å². The smallest absolute Gasteiger partial charge is 0.274 e. The molecule has 0 fully saturated rings. The second-order valence-electron chi connectivity index (χ2n) is 4.37. The third-order valence-electron chi connectivity index (χ3n) is 2.68. The Balaban J connectivity index is 2.23. The summed E-state index contributed by atoms with van der Waals surface area (Å²) in [5.41, 5.74) is 2.14. The molecule has 96 valence electrons. The lowest BCUT2D eigenvalue weighted by molar-refractivity contribution is 0.101. The molecule has 0 spiro atoms. The van der Waals surface area contributed by atoms with Gasteiger partial charge in [-0.15, -0.1) is 0 Å². The van der Waals surface area contributed by atoms with Crippen molar-refractivity contribution in [2.75, 3.05) is 5.32 Å². The summed E-state index contributed by atoms with van der Waals surface area (Å²) in [6, 6.07) is 1.84. The number of aromatic amines is 1. The minimum absolute atomic E-state index is 0.169. The van der Waals surface area contributed by atoms with Crippen LogP contribution >= 0.6 is 0 Å². The molecule has 2 heterocycles. The summed E-state index contributed by atoms with van der Waals surface area (Å²) in [6.07, 6.45) is 3.20. The summed E-state index contributed by atoms with van der Waals surface area (Å²) < 4.78 is 1.71. The van der Waals surface area contributed by atoms with Gasteiger partial charge in [-0.1, -0.05) is 13.8 Å². The topological polar surface area (TPSA) is 75.6 Å². The predicted octanol–water partition coefficient (Wildman–Crippen LogP) is 2.00. The molecule has 18 heavy (non-hydrogen) atoms. The monoisotopic (exact) mass is 247 g/mol. The maximum Gasteiger partial charge on any atom is 0.274 e. The van der Waals surface area contributed by atoms with Crippen molar-refractivity contribution in [3.63, 3.8) is 0 Å². The zero-order valence-corrected chi connectivity index (χ0v) is 10.8. The Morgan fingerprint density at radius 3 is 2.89 bits per heavy atom. The van der Waals surface area contributed by atoms with E-state index < -0.39 is 0 Å². The SMILES string of the molecule is CCn1nc(C(C)C)cc1C(=O)Nc1cn[nH]c1. The van der Waals surface area contributed by atoms with Crippen LogP contribution in [0.4, 0.5) is 5.69 Å². The minimum atomic E-state index is -0.169. The highest BCUT2D eigenvalue weighted by Crippen LogP contribution is 2.15. The second-order valence-corrected chi connectivity index (χ2v) is 4.37. The molecule has 0 aliphatic rings. The maximum absolute atomic E-state index is 12.1. The van der Waals surface area contributed by atoms with E-state index in [1.165, 1.54) is 0 Å². The van der Waals surface area contributed by atoms with Gasteiger partial charge in [0.15, 0.2) is 0 Å². The number of hydrogen-bond donors (Lipinski definition) is 2. The van der Waals surface area contributed by atoms with Crippen LogP contribution in [0.5, 0.6) is 0 Å². The molecule has 0 aliphatic heterocycles. The third kappa shape index (κ3) is 2.42. The molecule has 6 nitrogen and oxygen atoms in total. The van der Waals surface area contributed by atoms with E-state index in [0.717, 1.165) is 5.69 Å². The molecule has 2 rings (SSSR count). The van der Waals surface area contributed by atoms with Crippen molar-refractivity contribution in [3.8, 4) is 0 Å². The molecule has 0 aliphatic carbocycles. The van der Waals surface area contributed by atoms with Crippen molar-refractivity contribution in [2.45, 2.75) is 33.2 Å². The normalized spacial score (nSPS) is 10.9. The summed E-state index contributed by atoms with van der Waals surface area (Å²) in [7, 11) is 0. The van der Waals surface area contributed by atoms with Gasteiger partial charge in [-0.2, -0.15) is 10.2 Å². The number of aryl methyl sites for hydroxylation is 1. The molecule has 1 amide bonds. The van der Waals surface area contributed by atoms with Gasteiger partial charge in [0.2, 0.25) is 0 Å². The minimum Gasteiger partial charge on any atom is -0.318 e. The number of carbonyl (C=O) groups is 1. The van der Waals surface area contributed by atoms with Gasteiger partial charge >= 0.3 is 0 Å². The van der Waals surface area contributed by atoms with Gasteiger partial charge in [-0.3, -0.25) is 14.6 Å². The van der Waals surface area contributed by atoms with E-state index >= 15 is 0 Å². The van der Waals surface area contributed by atoms with Crippen LogP contribution in [0.1, 0.15) is 42.9 Å². The molecule has 2 aromatic rings. The van der Waals surface area contributed by atoms with Crippen LogP contribution in [0, 0.1) is 0 Å². The number of hydrogen-bond acceptors (Lipinski definition) is 3. The molecule has 0 bridgehead atoms. The van der Waals surface area contributed by atoms with Gasteiger partial charge in [0, 0.05) is 12.7 Å². The number of amides is 1. The summed E-state index contributed by atoms with van der Waals surface area (Å²) in [6.45, 7) is 6.74. The van der Waals surface area contributed by atoms with E-state index in [1.807, 2.05) is 13.0 Å². The van der Waals surface area contributed by atoms with Crippen LogP contribution in [0.3, 0.4) is 0 Å². The quantitative estimate of drug-likeness (QED) is 0.867. The Morgan fingerprint density at radius 2 is 2.33 bits per heavy atom. The molecule has 0 radical (unpaired) electrons. The lowest BCUT2D eigenvalue weighted by atomic mass is 10.1. The van der Waals surface area contributed by atoms with Crippen LogP contribution in [0.25, 0.3) is 0 Å². The molecular formula is C12H17N5O. The molecule has 0 unspecified atom stereocenters. The lowest BCUT2D eigenvalue weighted by Crippen LogP contribution is -2.16. The summed E-state index contributed by atoms with van der Waals surface area (Å²) in [5, 5.41) is 13.6. The number of nitrogens with one attached hydrogen (secondary N) is 2. The van der Waals surface area contributed by atoms with E-state index in [4.69, 9.17) is 0 Å². The van der Waals surface area contributed by atoms with Crippen LogP contribution in [0.15, 0.2) is 18.5 Å². The first-order chi connectivity index (χ1) is 8.61. The molecule has 0 saturated heterocycles. The Hall–Kier alpha value is -2.11. The van der Waals surface area contributed by atoms with Gasteiger partial charge in [0.1, 0.15) is 5.69 Å². The average molecular weight is 247 g/mol. The summed E-state index contributed by atoms with van der Waals surface area (Å²) in [5.74, 6) is 0.135. The van der Waals surface area contributed by atoms with E-state index in [-0.39, 0.29) is 5.91 Å². The third-order valence-corrected chi connectivity index (χ3v) is 2.68. The fourth-order valence-electron chi connectivity index (χ4n) is 1.66. The first-order valence-electron chi connectivity index (χ1n) is 5.99. The largest absolute Gasteiger partial charge is 0.318 e. The van der Waals surface area contributed by atoms with Gasteiger partial charge in [0.05, 0.1) is 17.6 Å². The van der Waals surface area contributed by atoms with Crippen molar-refractivity contribution >= 4 is 11.6 Å².